The number of hydrogen-bond donors (Lipinski definition) is 0. The van der Waals surface area contributed by atoms with Crippen LogP contribution in [0.2, 0.25) is 5.02 Å². The van der Waals surface area contributed by atoms with Gasteiger partial charge in [-0.1, -0.05) is 11.6 Å². The molecule has 0 amide bonds. The number of ether oxygens (including phenoxy) is 5. The molecule has 0 aliphatic heterocycles. The van der Waals surface area contributed by atoms with Crippen molar-refractivity contribution >= 4 is 44.3 Å². The van der Waals surface area contributed by atoms with E-state index in [0.29, 0.717) is 43.1 Å². The Morgan fingerprint density at radius 2 is 1.88 bits per heavy atom. The van der Waals surface area contributed by atoms with Crippen LogP contribution in [-0.2, 0) is 20.9 Å². The number of hydrogen-bond acceptors (Lipinski definition) is 6. The second-order valence-electron chi connectivity index (χ2n) is 5.03. The minimum absolute atomic E-state index is 0.0166. The van der Waals surface area contributed by atoms with Gasteiger partial charge in [-0.25, -0.2) is 0 Å². The molecule has 0 fully saturated rings. The molecule has 0 N–H and O–H groups in total. The molecule has 2 aromatic rings. The Balaban J connectivity index is 2.80. The highest BCUT2D eigenvalue weighted by Gasteiger charge is 2.22. The smallest absolute Gasteiger partial charge is 0.302 e. The van der Waals surface area contributed by atoms with Crippen molar-refractivity contribution in [3.63, 3.8) is 0 Å². The highest BCUT2D eigenvalue weighted by Crippen LogP contribution is 2.48. The Labute approximate surface area is 159 Å². The number of carbonyl (C=O) groups excluding carboxylic acids is 1. The van der Waals surface area contributed by atoms with E-state index in [2.05, 4.69) is 15.9 Å². The molecule has 0 atom stereocenters. The summed E-state index contributed by atoms with van der Waals surface area (Å²) >= 11 is 9.82. The number of carbonyl (C=O) groups is 1. The number of esters is 1. The molecule has 0 heterocycles. The van der Waals surface area contributed by atoms with Gasteiger partial charge in [0.25, 0.3) is 0 Å². The molecule has 0 aliphatic rings. The van der Waals surface area contributed by atoms with Crippen molar-refractivity contribution in [2.24, 2.45) is 0 Å². The van der Waals surface area contributed by atoms with Gasteiger partial charge in [0.15, 0.2) is 6.79 Å². The van der Waals surface area contributed by atoms with Crippen molar-refractivity contribution in [1.29, 1.82) is 0 Å². The van der Waals surface area contributed by atoms with E-state index in [1.54, 1.807) is 13.2 Å². The number of benzene rings is 2. The van der Waals surface area contributed by atoms with Gasteiger partial charge in [-0.2, -0.15) is 0 Å². The van der Waals surface area contributed by atoms with Crippen molar-refractivity contribution in [1.82, 2.24) is 0 Å². The fraction of sp³-hybridized carbons (Fsp3) is 0.353. The van der Waals surface area contributed by atoms with E-state index in [4.69, 9.17) is 35.3 Å². The van der Waals surface area contributed by atoms with Crippen LogP contribution in [-0.4, -0.2) is 34.1 Å². The molecule has 0 spiro atoms. The minimum Gasteiger partial charge on any atom is -0.496 e. The van der Waals surface area contributed by atoms with Gasteiger partial charge in [0.2, 0.25) is 0 Å². The van der Waals surface area contributed by atoms with Crippen LogP contribution >= 0.6 is 27.5 Å². The molecule has 2 aromatic carbocycles. The number of methoxy groups -OCH3 is 3. The Bertz CT molecular complexity index is 793. The van der Waals surface area contributed by atoms with Gasteiger partial charge in [-0.3, -0.25) is 4.79 Å². The molecule has 0 saturated carbocycles. The molecule has 2 rings (SSSR count). The summed E-state index contributed by atoms with van der Waals surface area (Å²) in [5.41, 5.74) is 0.705. The highest BCUT2D eigenvalue weighted by atomic mass is 79.9. The molecule has 0 radical (unpaired) electrons. The first kappa shape index (κ1) is 19.6. The van der Waals surface area contributed by atoms with Crippen molar-refractivity contribution in [3.05, 3.63) is 27.2 Å². The fourth-order valence-corrected chi connectivity index (χ4v) is 3.20. The third-order valence-corrected chi connectivity index (χ3v) is 4.59. The molecule has 0 bridgehead atoms. The molecule has 0 unspecified atom stereocenters. The Hall–Kier alpha value is -1.70. The fourth-order valence-electron chi connectivity index (χ4n) is 2.39. The van der Waals surface area contributed by atoms with Gasteiger partial charge >= 0.3 is 5.97 Å². The average molecular weight is 434 g/mol. The van der Waals surface area contributed by atoms with Gasteiger partial charge in [-0.15, -0.1) is 0 Å². The van der Waals surface area contributed by atoms with E-state index in [0.717, 1.165) is 0 Å². The topological polar surface area (TPSA) is 63.2 Å². The molecule has 136 valence electrons. The van der Waals surface area contributed by atoms with Crippen LogP contribution in [0.15, 0.2) is 16.6 Å². The summed E-state index contributed by atoms with van der Waals surface area (Å²) in [5.74, 6) is 1.06. The lowest BCUT2D eigenvalue weighted by molar-refractivity contribution is -0.142. The third-order valence-electron chi connectivity index (χ3n) is 3.44. The maximum Gasteiger partial charge on any atom is 0.302 e. The number of rotatable bonds is 7. The van der Waals surface area contributed by atoms with Gasteiger partial charge in [0, 0.05) is 31.0 Å². The van der Waals surface area contributed by atoms with Crippen LogP contribution in [0.25, 0.3) is 10.8 Å². The Morgan fingerprint density at radius 3 is 2.44 bits per heavy atom. The van der Waals surface area contributed by atoms with E-state index in [-0.39, 0.29) is 19.4 Å². The van der Waals surface area contributed by atoms with E-state index in [1.807, 2.05) is 6.07 Å². The molecule has 0 aromatic heterocycles. The molecular formula is C17H18BrClO6. The highest BCUT2D eigenvalue weighted by molar-refractivity contribution is 9.10. The Kier molecular flexibility index (Phi) is 6.75. The molecule has 25 heavy (non-hydrogen) atoms. The lowest BCUT2D eigenvalue weighted by Crippen LogP contribution is -2.05. The number of fused-ring (bicyclic) bond motifs is 1. The normalized spacial score (nSPS) is 10.6. The molecule has 6 nitrogen and oxygen atoms in total. The minimum atomic E-state index is -0.382. The summed E-state index contributed by atoms with van der Waals surface area (Å²) in [7, 11) is 4.58. The van der Waals surface area contributed by atoms with Crippen molar-refractivity contribution in [2.75, 3.05) is 28.1 Å². The largest absolute Gasteiger partial charge is 0.496 e. The maximum atomic E-state index is 11.2. The second kappa shape index (κ2) is 8.60. The van der Waals surface area contributed by atoms with Crippen LogP contribution in [0, 0.1) is 0 Å². The van der Waals surface area contributed by atoms with Crippen LogP contribution < -0.4 is 14.2 Å². The Morgan fingerprint density at radius 1 is 1.16 bits per heavy atom. The van der Waals surface area contributed by atoms with Crippen LogP contribution in [0.4, 0.5) is 0 Å². The van der Waals surface area contributed by atoms with Crippen LogP contribution in [0.3, 0.4) is 0 Å². The SMILES string of the molecule is COCOc1c(Br)c(COC(C)=O)cc2c(OC)cc(Cl)c(OC)c12. The van der Waals surface area contributed by atoms with Crippen LogP contribution in [0.5, 0.6) is 17.2 Å². The predicted octanol–water partition coefficient (Wildman–Crippen LogP) is 4.32. The van der Waals surface area contributed by atoms with Crippen molar-refractivity contribution in [2.45, 2.75) is 13.5 Å². The van der Waals surface area contributed by atoms with Crippen molar-refractivity contribution in [3.8, 4) is 17.2 Å². The number of halogens is 2. The summed E-state index contributed by atoms with van der Waals surface area (Å²) < 4.78 is 27.4. The first-order valence-electron chi connectivity index (χ1n) is 7.25. The quantitative estimate of drug-likeness (QED) is 0.479. The lowest BCUT2D eigenvalue weighted by Gasteiger charge is -2.19. The first-order chi connectivity index (χ1) is 11.9. The second-order valence-corrected chi connectivity index (χ2v) is 6.23. The standard InChI is InChI=1S/C17H18BrClO6/c1-9(20)24-7-10-5-11-13(22-3)6-12(19)16(23-4)14(11)17(15(10)18)25-8-21-2/h5-6H,7-8H2,1-4H3. The third kappa shape index (κ3) is 4.11. The summed E-state index contributed by atoms with van der Waals surface area (Å²) in [6.45, 7) is 1.44. The first-order valence-corrected chi connectivity index (χ1v) is 8.42. The van der Waals surface area contributed by atoms with Gasteiger partial charge in [-0.05, 0) is 22.0 Å². The molecule has 0 saturated heterocycles. The van der Waals surface area contributed by atoms with E-state index >= 15 is 0 Å². The summed E-state index contributed by atoms with van der Waals surface area (Å²) in [6.07, 6.45) is 0. The van der Waals surface area contributed by atoms with E-state index < -0.39 is 0 Å². The zero-order valence-corrected chi connectivity index (χ0v) is 16.6. The zero-order chi connectivity index (χ0) is 18.6. The average Bonchev–Trinajstić information content (AvgIpc) is 2.58. The zero-order valence-electron chi connectivity index (χ0n) is 14.3. The predicted molar refractivity (Wildman–Crippen MR) is 97.7 cm³/mol. The van der Waals surface area contributed by atoms with Crippen LogP contribution in [0.1, 0.15) is 12.5 Å². The summed E-state index contributed by atoms with van der Waals surface area (Å²) in [6, 6.07) is 3.49. The molecule has 8 heteroatoms. The van der Waals surface area contributed by atoms with Crippen molar-refractivity contribution < 1.29 is 28.5 Å². The van der Waals surface area contributed by atoms with Gasteiger partial charge in [0.1, 0.15) is 23.9 Å². The molecular weight excluding hydrogens is 416 g/mol. The van der Waals surface area contributed by atoms with E-state index in [1.165, 1.54) is 21.1 Å². The maximum absolute atomic E-state index is 11.2. The lowest BCUT2D eigenvalue weighted by atomic mass is 10.0. The monoisotopic (exact) mass is 432 g/mol. The summed E-state index contributed by atoms with van der Waals surface area (Å²) in [5, 5.41) is 1.72. The summed E-state index contributed by atoms with van der Waals surface area (Å²) in [4.78, 5) is 11.2. The molecule has 0 aliphatic carbocycles. The van der Waals surface area contributed by atoms with E-state index in [9.17, 15) is 4.79 Å². The van der Waals surface area contributed by atoms with Gasteiger partial charge < -0.3 is 23.7 Å². The van der Waals surface area contributed by atoms with Gasteiger partial charge in [0.05, 0.1) is 29.1 Å².